The summed E-state index contributed by atoms with van der Waals surface area (Å²) >= 11 is 0. The first-order valence-corrected chi connectivity index (χ1v) is 27.9. The Labute approximate surface area is 466 Å². The molecule has 0 radical (unpaired) electrons. The fourth-order valence-corrected chi connectivity index (χ4v) is 15.2. The molecule has 1 aliphatic heterocycles. The van der Waals surface area contributed by atoms with Crippen molar-refractivity contribution in [1.82, 2.24) is 0 Å². The monoisotopic (exact) mass is 1010 g/mol. The van der Waals surface area contributed by atoms with E-state index in [9.17, 15) is 0 Å². The summed E-state index contributed by atoms with van der Waals surface area (Å²) in [5.41, 5.74) is 28.3. The highest BCUT2D eigenvalue weighted by Gasteiger charge is 2.55. The Hall–Kier alpha value is -10.3. The minimum absolute atomic E-state index is 0.531. The lowest BCUT2D eigenvalue weighted by Gasteiger charge is -2.45. The molecule has 372 valence electrons. The molecule has 17 rings (SSSR count). The van der Waals surface area contributed by atoms with E-state index in [0.717, 1.165) is 28.3 Å². The normalized spacial score (nSPS) is 13.9. The highest BCUT2D eigenvalue weighted by molar-refractivity contribution is 6.08. The first kappa shape index (κ1) is 44.8. The van der Waals surface area contributed by atoms with Crippen LogP contribution in [0.1, 0.15) is 44.5 Å². The summed E-state index contributed by atoms with van der Waals surface area (Å²) in [5.74, 6) is 0. The quantitative estimate of drug-likeness (QED) is 0.164. The fourth-order valence-electron chi connectivity index (χ4n) is 15.2. The van der Waals surface area contributed by atoms with Crippen LogP contribution >= 0.6 is 0 Å². The van der Waals surface area contributed by atoms with E-state index in [-0.39, 0.29) is 0 Å². The maximum absolute atomic E-state index is 2.65. The summed E-state index contributed by atoms with van der Waals surface area (Å²) in [4.78, 5) is 5.12. The molecule has 0 bridgehead atoms. The van der Waals surface area contributed by atoms with Crippen molar-refractivity contribution in [3.63, 3.8) is 0 Å². The minimum atomic E-state index is -0.654. The van der Waals surface area contributed by atoms with Crippen LogP contribution in [0.5, 0.6) is 0 Å². The lowest BCUT2D eigenvalue weighted by molar-refractivity contribution is 0.752. The molecule has 2 nitrogen and oxygen atoms in total. The van der Waals surface area contributed by atoms with E-state index < -0.39 is 10.8 Å². The van der Waals surface area contributed by atoms with Gasteiger partial charge < -0.3 is 9.80 Å². The van der Waals surface area contributed by atoms with Gasteiger partial charge in [0.1, 0.15) is 0 Å². The summed E-state index contributed by atoms with van der Waals surface area (Å²) in [6, 6.07) is 114. The van der Waals surface area contributed by atoms with Crippen LogP contribution in [0, 0.1) is 0 Å². The van der Waals surface area contributed by atoms with Crippen LogP contribution in [0.15, 0.2) is 303 Å². The molecule has 13 aromatic rings. The second kappa shape index (κ2) is 17.1. The van der Waals surface area contributed by atoms with Crippen molar-refractivity contribution in [2.75, 3.05) is 9.80 Å². The van der Waals surface area contributed by atoms with E-state index >= 15 is 0 Å². The molecule has 0 N–H and O–H groups in total. The molecule has 0 saturated carbocycles. The molecule has 0 saturated heterocycles. The van der Waals surface area contributed by atoms with Crippen molar-refractivity contribution in [3.05, 3.63) is 348 Å². The van der Waals surface area contributed by atoms with Gasteiger partial charge >= 0.3 is 0 Å². The van der Waals surface area contributed by atoms with Gasteiger partial charge in [0.25, 0.3) is 0 Å². The smallest absolute Gasteiger partial charge is 0.0755 e. The fraction of sp³-hybridized carbons (Fsp3) is 0.0256. The number of para-hydroxylation sites is 4. The molecule has 3 aliphatic carbocycles. The van der Waals surface area contributed by atoms with Crippen molar-refractivity contribution in [2.24, 2.45) is 0 Å². The van der Waals surface area contributed by atoms with Crippen LogP contribution in [-0.4, -0.2) is 0 Å². The summed E-state index contributed by atoms with van der Waals surface area (Å²) in [6.07, 6.45) is 0. The average molecular weight is 1020 g/mol. The number of hydrogen-bond acceptors (Lipinski definition) is 2. The third-order valence-electron chi connectivity index (χ3n) is 18.1. The molecule has 0 amide bonds. The molecule has 0 unspecified atom stereocenters. The van der Waals surface area contributed by atoms with Crippen LogP contribution < -0.4 is 9.80 Å². The van der Waals surface area contributed by atoms with Gasteiger partial charge in [0, 0.05) is 22.4 Å². The second-order valence-corrected chi connectivity index (χ2v) is 21.7. The molecule has 2 heteroatoms. The minimum Gasteiger partial charge on any atom is -0.310 e. The predicted molar refractivity (Wildman–Crippen MR) is 331 cm³/mol. The number of anilines is 6. The Kier molecular flexibility index (Phi) is 9.58. The molecule has 2 spiro atoms. The standard InChI is InChI=1S/C78H50N2/c1-2-27-52(28-3-1)79-71-47-20-17-42-66(71)78(67-43-18-21-48-72(67)79)65-41-16-11-36-61(65)76-69(78)45-24-50-74(76)80(70-46-19-12-34-59(70)56-31-7-6-30-55(56)54-37-22-26-51-25-4-5-29-53(51)54)73-49-23-44-68-75(73)60-35-10-15-40-64(60)77(68)62-38-13-8-32-57(62)58-33-9-14-39-63(58)77/h1-50H. The van der Waals surface area contributed by atoms with Crippen LogP contribution in [-0.2, 0) is 10.8 Å². The van der Waals surface area contributed by atoms with Crippen molar-refractivity contribution < 1.29 is 0 Å². The summed E-state index contributed by atoms with van der Waals surface area (Å²) in [5, 5.41) is 2.46. The molecule has 0 aromatic heterocycles. The largest absolute Gasteiger partial charge is 0.310 e. The van der Waals surface area contributed by atoms with Crippen LogP contribution in [0.25, 0.3) is 66.4 Å². The van der Waals surface area contributed by atoms with Gasteiger partial charge in [-0.25, -0.2) is 0 Å². The maximum Gasteiger partial charge on any atom is 0.0755 e. The van der Waals surface area contributed by atoms with Gasteiger partial charge in [-0.15, -0.1) is 0 Å². The summed E-state index contributed by atoms with van der Waals surface area (Å²) in [6.45, 7) is 0. The van der Waals surface area contributed by atoms with Gasteiger partial charge in [0.15, 0.2) is 0 Å². The van der Waals surface area contributed by atoms with Crippen molar-refractivity contribution >= 4 is 44.9 Å². The van der Waals surface area contributed by atoms with E-state index in [0.29, 0.717) is 0 Å². The lowest BCUT2D eigenvalue weighted by Crippen LogP contribution is -2.36. The zero-order chi connectivity index (χ0) is 52.5. The third-order valence-corrected chi connectivity index (χ3v) is 18.1. The zero-order valence-electron chi connectivity index (χ0n) is 43.8. The van der Waals surface area contributed by atoms with Gasteiger partial charge in [-0.05, 0) is 137 Å². The van der Waals surface area contributed by atoms with Gasteiger partial charge in [0.05, 0.1) is 39.3 Å². The van der Waals surface area contributed by atoms with E-state index in [4.69, 9.17) is 0 Å². The molecule has 0 atom stereocenters. The molecule has 0 fully saturated rings. The third kappa shape index (κ3) is 5.86. The first-order valence-electron chi connectivity index (χ1n) is 27.9. The summed E-state index contributed by atoms with van der Waals surface area (Å²) in [7, 11) is 0. The summed E-state index contributed by atoms with van der Waals surface area (Å²) < 4.78 is 0. The Balaban J connectivity index is 0.993. The Morgan fingerprint density at radius 2 is 0.575 bits per heavy atom. The molecular formula is C78H50N2. The topological polar surface area (TPSA) is 6.48 Å². The molecule has 80 heavy (non-hydrogen) atoms. The predicted octanol–water partition coefficient (Wildman–Crippen LogP) is 20.1. The highest BCUT2D eigenvalue weighted by atomic mass is 15.2. The van der Waals surface area contributed by atoms with Gasteiger partial charge in [-0.1, -0.05) is 261 Å². The van der Waals surface area contributed by atoms with E-state index in [1.54, 1.807) is 0 Å². The Morgan fingerprint density at radius 3 is 1.15 bits per heavy atom. The SMILES string of the molecule is c1ccc(N2c3ccccc3C3(c4ccccc4-c4c(N(c5ccccc5-c5ccccc5-c5cccc6ccccc56)c5cccc6c5-c5ccccc5C65c6ccccc6-c6ccccc65)cccc43)c3ccccc32)cc1. The molecule has 1 heterocycles. The number of nitrogens with zero attached hydrogens (tertiary/aromatic N) is 2. The first-order chi connectivity index (χ1) is 39.8. The van der Waals surface area contributed by atoms with Gasteiger partial charge in [0.2, 0.25) is 0 Å². The zero-order valence-corrected chi connectivity index (χ0v) is 43.8. The van der Waals surface area contributed by atoms with Crippen molar-refractivity contribution in [2.45, 2.75) is 10.8 Å². The second-order valence-electron chi connectivity index (χ2n) is 21.7. The van der Waals surface area contributed by atoms with E-state index in [2.05, 4.69) is 313 Å². The van der Waals surface area contributed by atoms with Gasteiger partial charge in [-0.3, -0.25) is 0 Å². The number of benzene rings is 13. The number of rotatable bonds is 6. The molecule has 4 aliphatic rings. The van der Waals surface area contributed by atoms with Crippen LogP contribution in [0.4, 0.5) is 34.1 Å². The molecule has 13 aromatic carbocycles. The Bertz CT molecular complexity index is 4600. The van der Waals surface area contributed by atoms with Crippen molar-refractivity contribution in [1.29, 1.82) is 0 Å². The number of fused-ring (bicyclic) bond motifs is 20. The van der Waals surface area contributed by atoms with Gasteiger partial charge in [-0.2, -0.15) is 0 Å². The van der Waals surface area contributed by atoms with Crippen LogP contribution in [0.2, 0.25) is 0 Å². The van der Waals surface area contributed by atoms with E-state index in [1.165, 1.54) is 117 Å². The Morgan fingerprint density at radius 1 is 0.225 bits per heavy atom. The lowest BCUT2D eigenvalue weighted by atomic mass is 9.64. The van der Waals surface area contributed by atoms with Crippen LogP contribution in [0.3, 0.4) is 0 Å². The highest BCUT2D eigenvalue weighted by Crippen LogP contribution is 2.68. The van der Waals surface area contributed by atoms with Crippen molar-refractivity contribution in [3.8, 4) is 55.6 Å². The molecular weight excluding hydrogens is 965 g/mol. The number of hydrogen-bond donors (Lipinski definition) is 0. The average Bonchev–Trinajstić information content (AvgIpc) is 2.61. The van der Waals surface area contributed by atoms with E-state index in [1.807, 2.05) is 0 Å². The maximum atomic E-state index is 2.65.